The molecule has 1 aliphatic rings. The molecular weight excluding hydrogens is 374 g/mol. The van der Waals surface area contributed by atoms with Crippen LogP contribution in [0.1, 0.15) is 45.6 Å². The molecule has 1 aliphatic heterocycles. The fourth-order valence-corrected chi connectivity index (χ4v) is 5.94. The van der Waals surface area contributed by atoms with Gasteiger partial charge in [-0.3, -0.25) is 0 Å². The van der Waals surface area contributed by atoms with Crippen molar-refractivity contribution in [3.05, 3.63) is 90.6 Å². The van der Waals surface area contributed by atoms with Gasteiger partial charge < -0.3 is 0 Å². The Morgan fingerprint density at radius 1 is 0.806 bits per heavy atom. The van der Waals surface area contributed by atoms with Gasteiger partial charge in [0.25, 0.3) is 0 Å². The average molecular weight is 407 g/mol. The van der Waals surface area contributed by atoms with Crippen molar-refractivity contribution in [2.24, 2.45) is 5.92 Å². The van der Waals surface area contributed by atoms with E-state index in [4.69, 9.17) is 0 Å². The van der Waals surface area contributed by atoms with Crippen LogP contribution in [0, 0.1) is 5.92 Å². The summed E-state index contributed by atoms with van der Waals surface area (Å²) in [5.41, 5.74) is 7.11. The minimum Gasteiger partial charge on any atom is -0.196 e. The molecule has 0 saturated carbocycles. The summed E-state index contributed by atoms with van der Waals surface area (Å²) >= 11 is 0. The summed E-state index contributed by atoms with van der Waals surface area (Å²) in [6.45, 7) is 8.21. The second-order valence-corrected chi connectivity index (χ2v) is 9.18. The van der Waals surface area contributed by atoms with Crippen molar-refractivity contribution in [1.29, 1.82) is 0 Å². The maximum Gasteiger partial charge on any atom is 0.220 e. The van der Waals surface area contributed by atoms with Gasteiger partial charge in [-0.05, 0) is 42.0 Å². The lowest BCUT2D eigenvalue weighted by Crippen LogP contribution is -2.53. The van der Waals surface area contributed by atoms with Crippen LogP contribution >= 0.6 is 0 Å². The smallest absolute Gasteiger partial charge is 0.196 e. The number of pyridine rings is 1. The summed E-state index contributed by atoms with van der Waals surface area (Å²) in [6.07, 6.45) is 6.07. The first-order valence-electron chi connectivity index (χ1n) is 11.8. The van der Waals surface area contributed by atoms with Crippen LogP contribution in [0.4, 0.5) is 0 Å². The Morgan fingerprint density at radius 2 is 1.48 bits per heavy atom. The number of hydrogen-bond donors (Lipinski definition) is 0. The Bertz CT molecular complexity index is 1220. The van der Waals surface area contributed by atoms with E-state index in [1.54, 1.807) is 0 Å². The van der Waals surface area contributed by atoms with E-state index in [1.807, 2.05) is 0 Å². The first-order valence-corrected chi connectivity index (χ1v) is 11.8. The minimum absolute atomic E-state index is 0.167. The first kappa shape index (κ1) is 20.0. The molecule has 0 N–H and O–H groups in total. The molecule has 3 aromatic carbocycles. The minimum atomic E-state index is 0.167. The second-order valence-electron chi connectivity index (χ2n) is 9.18. The van der Waals surface area contributed by atoms with Crippen molar-refractivity contribution < 1.29 is 4.57 Å². The van der Waals surface area contributed by atoms with E-state index in [2.05, 4.69) is 110 Å². The molecule has 1 nitrogen and oxygen atoms in total. The van der Waals surface area contributed by atoms with E-state index >= 15 is 0 Å². The molecule has 1 aromatic heterocycles. The number of benzene rings is 3. The molecule has 0 spiro atoms. The Kier molecular flexibility index (Phi) is 5.14. The third-order valence-corrected chi connectivity index (χ3v) is 7.60. The van der Waals surface area contributed by atoms with Crippen molar-refractivity contribution in [2.75, 3.05) is 0 Å². The van der Waals surface area contributed by atoms with Gasteiger partial charge in [0.1, 0.15) is 0 Å². The first-order chi connectivity index (χ1) is 15.2. The van der Waals surface area contributed by atoms with Crippen LogP contribution in [0.15, 0.2) is 85.1 Å². The lowest BCUT2D eigenvalue weighted by Gasteiger charge is -2.40. The van der Waals surface area contributed by atoms with Crippen LogP contribution in [0.3, 0.4) is 0 Å². The monoisotopic (exact) mass is 406 g/mol. The Morgan fingerprint density at radius 3 is 2.23 bits per heavy atom. The number of nitrogens with zero attached hydrogens (tertiary/aromatic N) is 1. The van der Waals surface area contributed by atoms with E-state index in [0.717, 1.165) is 13.0 Å². The third-order valence-electron chi connectivity index (χ3n) is 7.60. The van der Waals surface area contributed by atoms with Gasteiger partial charge in [-0.25, -0.2) is 0 Å². The quantitative estimate of drug-likeness (QED) is 0.301. The van der Waals surface area contributed by atoms with Crippen molar-refractivity contribution in [2.45, 2.75) is 52.0 Å². The number of fused-ring (bicyclic) bond motifs is 5. The van der Waals surface area contributed by atoms with Crippen LogP contribution in [0.2, 0.25) is 0 Å². The standard InChI is InChI=1S/C30H32N/c1-4-13-22(3)30(5-2)21-31-20-27(23-14-7-6-8-15-23)24-16-9-10-17-25(24)29(31)26-18-11-12-19-28(26)30/h6-12,14-20,22H,4-5,13,21H2,1-3H3/q+1. The average Bonchev–Trinajstić information content (AvgIpc) is 2.83. The molecule has 2 heterocycles. The van der Waals surface area contributed by atoms with Crippen LogP contribution in [0.25, 0.3) is 33.2 Å². The largest absolute Gasteiger partial charge is 0.220 e. The van der Waals surface area contributed by atoms with Crippen LogP contribution in [0.5, 0.6) is 0 Å². The molecule has 5 rings (SSSR count). The van der Waals surface area contributed by atoms with E-state index in [0.29, 0.717) is 5.92 Å². The summed E-state index contributed by atoms with van der Waals surface area (Å²) in [5.74, 6) is 0.635. The normalized spacial score (nSPS) is 18.4. The van der Waals surface area contributed by atoms with Gasteiger partial charge in [-0.2, -0.15) is 4.57 Å². The van der Waals surface area contributed by atoms with Crippen molar-refractivity contribution in [3.8, 4) is 22.4 Å². The molecule has 0 fully saturated rings. The van der Waals surface area contributed by atoms with E-state index in [-0.39, 0.29) is 5.41 Å². The highest BCUT2D eigenvalue weighted by molar-refractivity contribution is 6.02. The summed E-state index contributed by atoms with van der Waals surface area (Å²) in [5, 5.41) is 2.68. The van der Waals surface area contributed by atoms with Crippen molar-refractivity contribution in [3.63, 3.8) is 0 Å². The lowest BCUT2D eigenvalue weighted by molar-refractivity contribution is -0.697. The predicted octanol–water partition coefficient (Wildman–Crippen LogP) is 7.56. The Labute approximate surface area is 186 Å². The van der Waals surface area contributed by atoms with Gasteiger partial charge in [0.05, 0.1) is 21.9 Å². The SMILES string of the molecule is CCCC(C)C1(CC)C[n+]2cc(-c3ccccc3)c3ccccc3c2-c2ccccc21. The molecule has 0 amide bonds. The van der Waals surface area contributed by atoms with E-state index in [1.165, 1.54) is 51.6 Å². The topological polar surface area (TPSA) is 3.88 Å². The van der Waals surface area contributed by atoms with Crippen LogP contribution in [-0.2, 0) is 12.0 Å². The van der Waals surface area contributed by atoms with Crippen LogP contribution in [-0.4, -0.2) is 0 Å². The van der Waals surface area contributed by atoms with Crippen LogP contribution < -0.4 is 4.57 Å². The summed E-state index contributed by atoms with van der Waals surface area (Å²) < 4.78 is 2.57. The van der Waals surface area contributed by atoms with Gasteiger partial charge in [0.15, 0.2) is 12.7 Å². The molecule has 2 unspecified atom stereocenters. The zero-order valence-electron chi connectivity index (χ0n) is 18.9. The lowest BCUT2D eigenvalue weighted by atomic mass is 9.64. The highest BCUT2D eigenvalue weighted by atomic mass is 15.0. The maximum atomic E-state index is 2.57. The van der Waals surface area contributed by atoms with Gasteiger partial charge >= 0.3 is 0 Å². The summed E-state index contributed by atoms with van der Waals surface area (Å²) in [4.78, 5) is 0. The molecule has 0 saturated heterocycles. The molecule has 0 radical (unpaired) electrons. The predicted molar refractivity (Wildman–Crippen MR) is 131 cm³/mol. The second kappa shape index (κ2) is 7.96. The highest BCUT2D eigenvalue weighted by Crippen LogP contribution is 2.47. The Hall–Kier alpha value is -2.93. The van der Waals surface area contributed by atoms with Gasteiger partial charge in [-0.15, -0.1) is 0 Å². The molecule has 1 heteroatoms. The summed E-state index contributed by atoms with van der Waals surface area (Å²) in [6, 6.07) is 29.0. The molecule has 4 aromatic rings. The molecule has 156 valence electrons. The molecule has 0 aliphatic carbocycles. The summed E-state index contributed by atoms with van der Waals surface area (Å²) in [7, 11) is 0. The highest BCUT2D eigenvalue weighted by Gasteiger charge is 2.46. The fraction of sp³-hybridized carbons (Fsp3) is 0.300. The number of rotatable bonds is 5. The Balaban J connectivity index is 1.84. The molecule has 31 heavy (non-hydrogen) atoms. The molecule has 2 atom stereocenters. The number of hydrogen-bond acceptors (Lipinski definition) is 0. The van der Waals surface area contributed by atoms with E-state index < -0.39 is 0 Å². The fourth-order valence-electron chi connectivity index (χ4n) is 5.94. The van der Waals surface area contributed by atoms with Gasteiger partial charge in [0, 0.05) is 5.39 Å². The molecular formula is C30H32N+. The van der Waals surface area contributed by atoms with Gasteiger partial charge in [0.2, 0.25) is 5.69 Å². The molecule has 0 bridgehead atoms. The zero-order valence-corrected chi connectivity index (χ0v) is 18.9. The maximum absolute atomic E-state index is 2.57. The van der Waals surface area contributed by atoms with E-state index in [9.17, 15) is 0 Å². The zero-order chi connectivity index (χ0) is 21.4. The van der Waals surface area contributed by atoms with Gasteiger partial charge in [-0.1, -0.05) is 93.9 Å². The van der Waals surface area contributed by atoms with Crippen molar-refractivity contribution >= 4 is 10.8 Å². The van der Waals surface area contributed by atoms with Crippen molar-refractivity contribution in [1.82, 2.24) is 0 Å². The third kappa shape index (κ3) is 3.10. The number of aromatic nitrogens is 1.